The Balaban J connectivity index is 1.43. The number of benzene rings is 1. The Labute approximate surface area is 182 Å². The summed E-state index contributed by atoms with van der Waals surface area (Å²) in [5, 5.41) is 0. The highest BCUT2D eigenvalue weighted by atomic mass is 19.1. The number of piperidine rings is 1. The zero-order chi connectivity index (χ0) is 21.8. The van der Waals surface area contributed by atoms with Gasteiger partial charge in [-0.15, -0.1) is 0 Å². The van der Waals surface area contributed by atoms with Crippen LogP contribution in [0.1, 0.15) is 62.0 Å². The summed E-state index contributed by atoms with van der Waals surface area (Å²) in [6, 6.07) is 12.5. The first kappa shape index (κ1) is 21.2. The van der Waals surface area contributed by atoms with E-state index in [9.17, 15) is 9.18 Å². The van der Waals surface area contributed by atoms with Crippen LogP contribution in [-0.2, 0) is 11.2 Å². The third-order valence-corrected chi connectivity index (χ3v) is 5.92. The van der Waals surface area contributed by atoms with Gasteiger partial charge in [-0.1, -0.05) is 32.0 Å². The number of aryl methyl sites for hydroxylation is 1. The number of aromatic nitrogens is 3. The van der Waals surface area contributed by atoms with Gasteiger partial charge >= 0.3 is 0 Å². The van der Waals surface area contributed by atoms with Crippen LogP contribution in [-0.4, -0.2) is 38.4 Å². The summed E-state index contributed by atoms with van der Waals surface area (Å²) in [5.41, 5.74) is 2.01. The highest BCUT2D eigenvalue weighted by molar-refractivity contribution is 5.76. The number of nitrogens with zero attached hydrogens (tertiary/aromatic N) is 4. The quantitative estimate of drug-likeness (QED) is 0.572. The van der Waals surface area contributed by atoms with Gasteiger partial charge in [-0.25, -0.2) is 14.4 Å². The van der Waals surface area contributed by atoms with E-state index in [0.29, 0.717) is 25.3 Å². The molecule has 0 saturated carbocycles. The molecule has 5 nitrogen and oxygen atoms in total. The zero-order valence-corrected chi connectivity index (χ0v) is 18.2. The molecule has 1 aliphatic heterocycles. The molecule has 1 atom stereocenters. The van der Waals surface area contributed by atoms with Crippen LogP contribution in [0.5, 0.6) is 0 Å². The molecule has 1 fully saturated rings. The summed E-state index contributed by atoms with van der Waals surface area (Å²) in [6.45, 7) is 5.73. The molecule has 4 rings (SSSR count). The maximum atomic E-state index is 13.1. The van der Waals surface area contributed by atoms with Crippen LogP contribution in [0.2, 0.25) is 0 Å². The molecule has 31 heavy (non-hydrogen) atoms. The van der Waals surface area contributed by atoms with Gasteiger partial charge in [-0.05, 0) is 49.1 Å². The molecule has 1 saturated heterocycles. The van der Waals surface area contributed by atoms with Crippen molar-refractivity contribution in [3.8, 4) is 5.82 Å². The van der Waals surface area contributed by atoms with E-state index >= 15 is 0 Å². The molecule has 6 heteroatoms. The maximum Gasteiger partial charge on any atom is 0.222 e. The number of hydrogen-bond acceptors (Lipinski definition) is 3. The highest BCUT2D eigenvalue weighted by Crippen LogP contribution is 2.27. The fourth-order valence-electron chi connectivity index (χ4n) is 4.24. The van der Waals surface area contributed by atoms with E-state index in [4.69, 9.17) is 4.98 Å². The molecule has 0 aliphatic carbocycles. The lowest BCUT2D eigenvalue weighted by atomic mass is 9.94. The second-order valence-electron chi connectivity index (χ2n) is 8.54. The second kappa shape index (κ2) is 9.41. The van der Waals surface area contributed by atoms with Crippen LogP contribution in [0.4, 0.5) is 4.39 Å². The van der Waals surface area contributed by atoms with Crippen molar-refractivity contribution in [2.24, 2.45) is 0 Å². The summed E-state index contributed by atoms with van der Waals surface area (Å²) < 4.78 is 15.1. The molecule has 1 amide bonds. The Morgan fingerprint density at radius 3 is 2.77 bits per heavy atom. The average Bonchev–Trinajstić information content (AvgIpc) is 3.29. The summed E-state index contributed by atoms with van der Waals surface area (Å²) in [5.74, 6) is 2.31. The molecular formula is C25H29FN4O. The smallest absolute Gasteiger partial charge is 0.222 e. The highest BCUT2D eigenvalue weighted by Gasteiger charge is 2.25. The molecule has 162 valence electrons. The SMILES string of the molecule is CC(C)c1nccn1-c1cccc([C@@H]2CCCN(C(=O)CCc3ccc(F)cc3)C2)n1. The number of rotatable bonds is 6. The van der Waals surface area contributed by atoms with Crippen molar-refractivity contribution in [1.82, 2.24) is 19.4 Å². The molecule has 1 aromatic carbocycles. The van der Waals surface area contributed by atoms with Crippen molar-refractivity contribution < 1.29 is 9.18 Å². The summed E-state index contributed by atoms with van der Waals surface area (Å²) >= 11 is 0. The first-order chi connectivity index (χ1) is 15.0. The molecular weight excluding hydrogens is 391 g/mol. The number of halogens is 1. The van der Waals surface area contributed by atoms with Crippen molar-refractivity contribution in [2.75, 3.05) is 13.1 Å². The number of carbonyl (C=O) groups excluding carboxylic acids is 1. The van der Waals surface area contributed by atoms with E-state index in [0.717, 1.165) is 42.3 Å². The molecule has 3 aromatic rings. The first-order valence-corrected chi connectivity index (χ1v) is 11.0. The molecule has 0 bridgehead atoms. The molecule has 3 heterocycles. The average molecular weight is 421 g/mol. The van der Waals surface area contributed by atoms with Crippen LogP contribution in [0.15, 0.2) is 54.9 Å². The lowest BCUT2D eigenvalue weighted by Gasteiger charge is -2.32. The first-order valence-electron chi connectivity index (χ1n) is 11.0. The Hall–Kier alpha value is -3.02. The molecule has 0 radical (unpaired) electrons. The van der Waals surface area contributed by atoms with Crippen LogP contribution < -0.4 is 0 Å². The normalized spacial score (nSPS) is 16.6. The summed E-state index contributed by atoms with van der Waals surface area (Å²) in [4.78, 5) is 24.2. The van der Waals surface area contributed by atoms with Crippen LogP contribution in [0, 0.1) is 5.82 Å². The van der Waals surface area contributed by atoms with E-state index < -0.39 is 0 Å². The summed E-state index contributed by atoms with van der Waals surface area (Å²) in [6.07, 6.45) is 6.84. The predicted octanol–water partition coefficient (Wildman–Crippen LogP) is 4.87. The van der Waals surface area contributed by atoms with Gasteiger partial charge in [0.15, 0.2) is 0 Å². The molecule has 2 aromatic heterocycles. The number of pyridine rings is 1. The third-order valence-electron chi connectivity index (χ3n) is 5.92. The second-order valence-corrected chi connectivity index (χ2v) is 8.54. The number of imidazole rings is 1. The topological polar surface area (TPSA) is 51.0 Å². The van der Waals surface area contributed by atoms with E-state index in [-0.39, 0.29) is 17.6 Å². The minimum Gasteiger partial charge on any atom is -0.342 e. The Morgan fingerprint density at radius 1 is 1.19 bits per heavy atom. The predicted molar refractivity (Wildman–Crippen MR) is 119 cm³/mol. The largest absolute Gasteiger partial charge is 0.342 e. The zero-order valence-electron chi connectivity index (χ0n) is 18.2. The fourth-order valence-corrected chi connectivity index (χ4v) is 4.24. The maximum absolute atomic E-state index is 13.1. The van der Waals surface area contributed by atoms with E-state index in [2.05, 4.69) is 24.9 Å². The van der Waals surface area contributed by atoms with Crippen molar-refractivity contribution in [3.05, 3.63) is 77.8 Å². The molecule has 0 N–H and O–H groups in total. The molecule has 0 spiro atoms. The lowest BCUT2D eigenvalue weighted by molar-refractivity contribution is -0.132. The number of hydrogen-bond donors (Lipinski definition) is 0. The van der Waals surface area contributed by atoms with Crippen LogP contribution in [0.3, 0.4) is 0 Å². The van der Waals surface area contributed by atoms with Gasteiger partial charge in [0.1, 0.15) is 17.5 Å². The van der Waals surface area contributed by atoms with E-state index in [1.807, 2.05) is 34.0 Å². The van der Waals surface area contributed by atoms with Crippen molar-refractivity contribution in [3.63, 3.8) is 0 Å². The standard InChI is InChI=1S/C25H29FN4O/c1-18(2)25-27-14-16-30(25)23-7-3-6-22(28-23)20-5-4-15-29(17-20)24(31)13-10-19-8-11-21(26)12-9-19/h3,6-9,11-12,14,16,18,20H,4-5,10,13,15,17H2,1-2H3/t20-/m1/s1. The van der Waals surface area contributed by atoms with E-state index in [1.54, 1.807) is 12.1 Å². The van der Waals surface area contributed by atoms with Crippen molar-refractivity contribution >= 4 is 5.91 Å². The number of likely N-dealkylation sites (tertiary alicyclic amines) is 1. The monoisotopic (exact) mass is 420 g/mol. The van der Waals surface area contributed by atoms with Gasteiger partial charge in [0.25, 0.3) is 0 Å². The van der Waals surface area contributed by atoms with Gasteiger partial charge in [-0.3, -0.25) is 9.36 Å². The Kier molecular flexibility index (Phi) is 6.44. The van der Waals surface area contributed by atoms with Crippen LogP contribution in [0.25, 0.3) is 5.82 Å². The molecule has 1 aliphatic rings. The van der Waals surface area contributed by atoms with Gasteiger partial charge in [0, 0.05) is 49.4 Å². The Bertz CT molecular complexity index is 1030. The van der Waals surface area contributed by atoms with Crippen molar-refractivity contribution in [1.29, 1.82) is 0 Å². The fraction of sp³-hybridized carbons (Fsp3) is 0.400. The number of carbonyl (C=O) groups is 1. The third kappa shape index (κ3) is 5.01. The lowest BCUT2D eigenvalue weighted by Crippen LogP contribution is -2.39. The van der Waals surface area contributed by atoms with Gasteiger partial charge in [0.05, 0.1) is 0 Å². The van der Waals surface area contributed by atoms with E-state index in [1.165, 1.54) is 12.1 Å². The number of amides is 1. The summed E-state index contributed by atoms with van der Waals surface area (Å²) in [7, 11) is 0. The van der Waals surface area contributed by atoms with Gasteiger partial charge in [0.2, 0.25) is 5.91 Å². The van der Waals surface area contributed by atoms with Crippen LogP contribution >= 0.6 is 0 Å². The Morgan fingerprint density at radius 2 is 2.00 bits per heavy atom. The van der Waals surface area contributed by atoms with Crippen molar-refractivity contribution in [2.45, 2.75) is 51.4 Å². The minimum atomic E-state index is -0.250. The van der Waals surface area contributed by atoms with Gasteiger partial charge in [-0.2, -0.15) is 0 Å². The molecule has 0 unspecified atom stereocenters. The minimum absolute atomic E-state index is 0.155. The van der Waals surface area contributed by atoms with Gasteiger partial charge < -0.3 is 4.90 Å².